The number of methoxy groups -OCH3 is 1. The molecule has 1 heterocycles. The zero-order valence-corrected chi connectivity index (χ0v) is 12.4. The van der Waals surface area contributed by atoms with E-state index in [1.54, 1.807) is 0 Å². The number of carboxylic acids is 1. The molecule has 1 aromatic carbocycles. The van der Waals surface area contributed by atoms with Crippen molar-refractivity contribution in [1.29, 1.82) is 0 Å². The van der Waals surface area contributed by atoms with Crippen LogP contribution in [0.1, 0.15) is 12.8 Å². The highest BCUT2D eigenvalue weighted by Gasteiger charge is 2.40. The minimum absolute atomic E-state index is 0.0828. The molecule has 1 atom stereocenters. The molecular formula is C12H14N2O7S. The third-order valence-electron chi connectivity index (χ3n) is 3.43. The van der Waals surface area contributed by atoms with E-state index >= 15 is 0 Å². The van der Waals surface area contributed by atoms with E-state index in [2.05, 4.69) is 0 Å². The number of hydrogen-bond donors (Lipinski definition) is 1. The normalized spacial score (nSPS) is 19.0. The predicted octanol–water partition coefficient (Wildman–Crippen LogP) is 0.841. The van der Waals surface area contributed by atoms with Gasteiger partial charge in [0.1, 0.15) is 16.7 Å². The molecule has 0 amide bonds. The first kappa shape index (κ1) is 16.2. The average Bonchev–Trinajstić information content (AvgIpc) is 2.96. The first-order valence-corrected chi connectivity index (χ1v) is 7.80. The number of rotatable bonds is 5. The summed E-state index contributed by atoms with van der Waals surface area (Å²) in [4.78, 5) is 20.9. The summed E-state index contributed by atoms with van der Waals surface area (Å²) in [6.07, 6.45) is 0.662. The van der Waals surface area contributed by atoms with Gasteiger partial charge in [0.05, 0.1) is 18.1 Å². The van der Waals surface area contributed by atoms with Gasteiger partial charge in [-0.25, -0.2) is 8.42 Å². The fourth-order valence-electron chi connectivity index (χ4n) is 2.38. The van der Waals surface area contributed by atoms with E-state index < -0.39 is 27.0 Å². The molecule has 2 rings (SSSR count). The Hall–Kier alpha value is -2.20. The first-order valence-electron chi connectivity index (χ1n) is 6.36. The maximum absolute atomic E-state index is 12.6. The number of sulfonamides is 1. The molecular weight excluding hydrogens is 316 g/mol. The van der Waals surface area contributed by atoms with Crippen LogP contribution in [0.5, 0.6) is 5.75 Å². The minimum atomic E-state index is -4.11. The first-order chi connectivity index (χ1) is 10.3. The fraction of sp³-hybridized carbons (Fsp3) is 0.417. The van der Waals surface area contributed by atoms with Crippen molar-refractivity contribution in [2.24, 2.45) is 0 Å². The lowest BCUT2D eigenvalue weighted by Crippen LogP contribution is -2.40. The highest BCUT2D eigenvalue weighted by molar-refractivity contribution is 7.89. The second-order valence-corrected chi connectivity index (χ2v) is 6.56. The van der Waals surface area contributed by atoms with Gasteiger partial charge >= 0.3 is 5.97 Å². The van der Waals surface area contributed by atoms with Crippen molar-refractivity contribution >= 4 is 21.7 Å². The van der Waals surface area contributed by atoms with Crippen molar-refractivity contribution in [3.63, 3.8) is 0 Å². The molecule has 1 aliphatic heterocycles. The highest BCUT2D eigenvalue weighted by Crippen LogP contribution is 2.33. The van der Waals surface area contributed by atoms with Gasteiger partial charge in [-0.05, 0) is 18.9 Å². The summed E-state index contributed by atoms with van der Waals surface area (Å²) in [5.74, 6) is -1.41. The number of hydrogen-bond acceptors (Lipinski definition) is 6. The van der Waals surface area contributed by atoms with E-state index in [-0.39, 0.29) is 29.3 Å². The Morgan fingerprint density at radius 1 is 1.50 bits per heavy atom. The number of carbonyl (C=O) groups is 1. The number of nitro benzene ring substituents is 1. The van der Waals surface area contributed by atoms with Crippen LogP contribution in [-0.2, 0) is 14.8 Å². The Bertz CT molecular complexity index is 716. The Labute approximate surface area is 126 Å². The van der Waals surface area contributed by atoms with Crippen molar-refractivity contribution in [2.75, 3.05) is 13.7 Å². The van der Waals surface area contributed by atoms with Gasteiger partial charge in [0.2, 0.25) is 10.0 Å². The molecule has 1 aromatic rings. The molecule has 0 aliphatic carbocycles. The maximum atomic E-state index is 12.6. The Balaban J connectivity index is 2.49. The van der Waals surface area contributed by atoms with Gasteiger partial charge in [0.25, 0.3) is 5.69 Å². The standard InChI is InChI=1S/C12H14N2O7S/c1-21-10-7-8(14(17)18)4-5-11(10)22(19,20)13-6-2-3-9(13)12(15)16/h4-5,7,9H,2-3,6H2,1H3,(H,15,16)/t9-/m0/s1. The molecule has 22 heavy (non-hydrogen) atoms. The van der Waals surface area contributed by atoms with Crippen LogP contribution in [0.15, 0.2) is 23.1 Å². The van der Waals surface area contributed by atoms with Crippen molar-refractivity contribution in [1.82, 2.24) is 4.31 Å². The minimum Gasteiger partial charge on any atom is -0.495 e. The van der Waals surface area contributed by atoms with Crippen LogP contribution in [-0.4, -0.2) is 48.4 Å². The summed E-state index contributed by atoms with van der Waals surface area (Å²) in [7, 11) is -2.92. The second-order valence-electron chi connectivity index (χ2n) is 4.70. The molecule has 120 valence electrons. The summed E-state index contributed by atoms with van der Waals surface area (Å²) in [6, 6.07) is 1.97. The third kappa shape index (κ3) is 2.74. The molecule has 0 aromatic heterocycles. The monoisotopic (exact) mass is 330 g/mol. The van der Waals surface area contributed by atoms with Crippen LogP contribution in [0.25, 0.3) is 0 Å². The Morgan fingerprint density at radius 3 is 2.73 bits per heavy atom. The number of aliphatic carboxylic acids is 1. The van der Waals surface area contributed by atoms with Crippen LogP contribution < -0.4 is 4.74 Å². The molecule has 9 nitrogen and oxygen atoms in total. The van der Waals surface area contributed by atoms with Gasteiger partial charge in [-0.15, -0.1) is 0 Å². The molecule has 0 unspecified atom stereocenters. The summed E-state index contributed by atoms with van der Waals surface area (Å²) < 4.78 is 31.1. The average molecular weight is 330 g/mol. The second kappa shape index (κ2) is 5.89. The van der Waals surface area contributed by atoms with Crippen LogP contribution in [0.3, 0.4) is 0 Å². The van der Waals surface area contributed by atoms with E-state index in [0.717, 1.165) is 22.5 Å². The van der Waals surface area contributed by atoms with Gasteiger partial charge in [0.15, 0.2) is 0 Å². The van der Waals surface area contributed by atoms with E-state index in [1.807, 2.05) is 0 Å². The van der Waals surface area contributed by atoms with Gasteiger partial charge in [0, 0.05) is 12.6 Å². The van der Waals surface area contributed by atoms with Gasteiger partial charge in [-0.2, -0.15) is 4.31 Å². The van der Waals surface area contributed by atoms with Crippen LogP contribution in [0.2, 0.25) is 0 Å². The maximum Gasteiger partial charge on any atom is 0.322 e. The third-order valence-corrected chi connectivity index (χ3v) is 5.38. The number of non-ortho nitro benzene ring substituents is 1. The summed E-state index contributed by atoms with van der Waals surface area (Å²) in [6.45, 7) is 0.0828. The van der Waals surface area contributed by atoms with Crippen molar-refractivity contribution in [3.05, 3.63) is 28.3 Å². The summed E-state index contributed by atoms with van der Waals surface area (Å²) in [5.41, 5.74) is -0.313. The summed E-state index contributed by atoms with van der Waals surface area (Å²) >= 11 is 0. The van der Waals surface area contributed by atoms with Crippen molar-refractivity contribution in [3.8, 4) is 5.75 Å². The van der Waals surface area contributed by atoms with Gasteiger partial charge in [-0.1, -0.05) is 0 Å². The van der Waals surface area contributed by atoms with Crippen LogP contribution >= 0.6 is 0 Å². The zero-order valence-electron chi connectivity index (χ0n) is 11.6. The van der Waals surface area contributed by atoms with Crippen LogP contribution in [0, 0.1) is 10.1 Å². The quantitative estimate of drug-likeness (QED) is 0.626. The molecule has 1 N–H and O–H groups in total. The number of nitro groups is 1. The van der Waals surface area contributed by atoms with Gasteiger partial charge in [-0.3, -0.25) is 14.9 Å². The number of benzene rings is 1. The Kier molecular flexibility index (Phi) is 4.33. The van der Waals surface area contributed by atoms with E-state index in [9.17, 15) is 23.3 Å². The lowest BCUT2D eigenvalue weighted by molar-refractivity contribution is -0.385. The predicted molar refractivity (Wildman–Crippen MR) is 74.2 cm³/mol. The number of carboxylic acid groups (broad SMARTS) is 1. The highest BCUT2D eigenvalue weighted by atomic mass is 32.2. The molecule has 1 aliphatic rings. The molecule has 0 bridgehead atoms. The Morgan fingerprint density at radius 2 is 2.18 bits per heavy atom. The van der Waals surface area contributed by atoms with Crippen molar-refractivity contribution in [2.45, 2.75) is 23.8 Å². The zero-order chi connectivity index (χ0) is 16.5. The smallest absolute Gasteiger partial charge is 0.322 e. The number of nitrogens with zero attached hydrogens (tertiary/aromatic N) is 2. The van der Waals surface area contributed by atoms with Gasteiger partial charge < -0.3 is 9.84 Å². The molecule has 0 saturated carbocycles. The van der Waals surface area contributed by atoms with E-state index in [4.69, 9.17) is 9.84 Å². The largest absolute Gasteiger partial charge is 0.495 e. The molecule has 1 fully saturated rings. The lowest BCUT2D eigenvalue weighted by Gasteiger charge is -2.21. The molecule has 1 saturated heterocycles. The molecule has 10 heteroatoms. The van der Waals surface area contributed by atoms with Crippen LogP contribution in [0.4, 0.5) is 5.69 Å². The molecule has 0 spiro atoms. The number of ether oxygens (including phenoxy) is 1. The lowest BCUT2D eigenvalue weighted by atomic mass is 10.2. The van der Waals surface area contributed by atoms with E-state index in [0.29, 0.717) is 6.42 Å². The van der Waals surface area contributed by atoms with E-state index in [1.165, 1.54) is 7.11 Å². The topological polar surface area (TPSA) is 127 Å². The van der Waals surface area contributed by atoms with Crippen molar-refractivity contribution < 1.29 is 28.0 Å². The fourth-order valence-corrected chi connectivity index (χ4v) is 4.17. The molecule has 0 radical (unpaired) electrons. The summed E-state index contributed by atoms with van der Waals surface area (Å²) in [5, 5.41) is 19.9. The SMILES string of the molecule is COc1cc([N+](=O)[O-])ccc1S(=O)(=O)N1CCC[C@H]1C(=O)O.